The zero-order valence-corrected chi connectivity index (χ0v) is 18.9. The highest BCUT2D eigenvalue weighted by Crippen LogP contribution is 2.25. The first-order valence-electron chi connectivity index (χ1n) is 10.8. The first kappa shape index (κ1) is 23.0. The zero-order valence-electron chi connectivity index (χ0n) is 18.1. The van der Waals surface area contributed by atoms with Crippen LogP contribution in [0, 0.1) is 0 Å². The van der Waals surface area contributed by atoms with Gasteiger partial charge < -0.3 is 9.84 Å². The monoisotopic (exact) mass is 466 g/mol. The quantitative estimate of drug-likeness (QED) is 0.513. The lowest BCUT2D eigenvalue weighted by Crippen LogP contribution is -2.49. The van der Waals surface area contributed by atoms with Gasteiger partial charge in [-0.05, 0) is 35.2 Å². The topological polar surface area (TPSA) is 87.1 Å². The molecule has 0 unspecified atom stereocenters. The lowest BCUT2D eigenvalue weighted by molar-refractivity contribution is -0.131. The summed E-state index contributed by atoms with van der Waals surface area (Å²) in [5.41, 5.74) is 0.530. The fraction of sp³-hybridized carbons (Fsp3) is 0.240. The van der Waals surface area contributed by atoms with Gasteiger partial charge in [0.2, 0.25) is 10.0 Å². The highest BCUT2D eigenvalue weighted by atomic mass is 32.2. The van der Waals surface area contributed by atoms with Gasteiger partial charge in [-0.3, -0.25) is 4.90 Å². The van der Waals surface area contributed by atoms with Gasteiger partial charge in [-0.2, -0.15) is 4.31 Å². The molecule has 7 nitrogen and oxygen atoms in total. The number of piperazine rings is 1. The molecule has 0 saturated carbocycles. The van der Waals surface area contributed by atoms with Crippen LogP contribution in [0.4, 0.5) is 0 Å². The normalized spacial score (nSPS) is 15.8. The molecular formula is C25H26N2O5S. The van der Waals surface area contributed by atoms with Crippen LogP contribution >= 0.6 is 0 Å². The van der Waals surface area contributed by atoms with Crippen LogP contribution in [0.3, 0.4) is 0 Å². The number of hydrogen-bond acceptors (Lipinski definition) is 5. The molecule has 1 aliphatic heterocycles. The van der Waals surface area contributed by atoms with E-state index < -0.39 is 16.0 Å². The van der Waals surface area contributed by atoms with Gasteiger partial charge in [0.15, 0.2) is 0 Å². The average Bonchev–Trinajstić information content (AvgIpc) is 2.83. The lowest BCUT2D eigenvalue weighted by atomic mass is 10.1. The van der Waals surface area contributed by atoms with Gasteiger partial charge in [0.1, 0.15) is 12.4 Å². The van der Waals surface area contributed by atoms with Crippen LogP contribution in [0.2, 0.25) is 0 Å². The summed E-state index contributed by atoms with van der Waals surface area (Å²) in [7, 11) is -3.64. The number of carboxylic acid groups (broad SMARTS) is 1. The Bertz CT molecular complexity index is 1260. The molecule has 1 aliphatic rings. The van der Waals surface area contributed by atoms with E-state index in [-0.39, 0.29) is 4.90 Å². The molecule has 0 amide bonds. The van der Waals surface area contributed by atoms with E-state index in [2.05, 4.69) is 17.0 Å². The number of carbonyl (C=O) groups is 1. The van der Waals surface area contributed by atoms with Crippen molar-refractivity contribution in [3.63, 3.8) is 0 Å². The molecule has 0 atom stereocenters. The van der Waals surface area contributed by atoms with Crippen LogP contribution in [0.1, 0.15) is 5.56 Å². The summed E-state index contributed by atoms with van der Waals surface area (Å²) < 4.78 is 33.6. The Labute approximate surface area is 193 Å². The number of fused-ring (bicyclic) bond motifs is 1. The molecule has 0 aliphatic carbocycles. The Morgan fingerprint density at radius 1 is 0.970 bits per heavy atom. The van der Waals surface area contributed by atoms with Crippen LogP contribution in [0.15, 0.2) is 77.7 Å². The number of hydrogen-bond donors (Lipinski definition) is 1. The fourth-order valence-electron chi connectivity index (χ4n) is 3.89. The molecule has 3 aromatic carbocycles. The van der Waals surface area contributed by atoms with Crippen molar-refractivity contribution in [3.05, 3.63) is 78.4 Å². The second-order valence-electron chi connectivity index (χ2n) is 7.82. The molecule has 33 heavy (non-hydrogen) atoms. The van der Waals surface area contributed by atoms with E-state index in [0.717, 1.165) is 22.6 Å². The minimum atomic E-state index is -3.64. The third-order valence-electron chi connectivity index (χ3n) is 5.66. The van der Waals surface area contributed by atoms with Crippen molar-refractivity contribution >= 4 is 32.8 Å². The van der Waals surface area contributed by atoms with Gasteiger partial charge in [0.25, 0.3) is 0 Å². The third-order valence-corrected chi connectivity index (χ3v) is 7.55. The van der Waals surface area contributed by atoms with Crippen LogP contribution in [-0.4, -0.2) is 68.0 Å². The molecule has 1 saturated heterocycles. The van der Waals surface area contributed by atoms with E-state index in [4.69, 9.17) is 9.84 Å². The zero-order chi connectivity index (χ0) is 23.3. The van der Waals surface area contributed by atoms with Crippen LogP contribution in [0.25, 0.3) is 16.8 Å². The van der Waals surface area contributed by atoms with Crippen molar-refractivity contribution in [1.82, 2.24) is 9.21 Å². The van der Waals surface area contributed by atoms with E-state index >= 15 is 0 Å². The molecule has 0 spiro atoms. The molecule has 8 heteroatoms. The van der Waals surface area contributed by atoms with Crippen molar-refractivity contribution in [3.8, 4) is 5.75 Å². The van der Waals surface area contributed by atoms with Gasteiger partial charge >= 0.3 is 5.97 Å². The third kappa shape index (κ3) is 5.60. The Morgan fingerprint density at radius 3 is 2.48 bits per heavy atom. The summed E-state index contributed by atoms with van der Waals surface area (Å²) in [5.74, 6) is -0.227. The number of nitrogens with zero attached hydrogens (tertiary/aromatic N) is 2. The number of rotatable bonds is 8. The van der Waals surface area contributed by atoms with Gasteiger partial charge in [0, 0.05) is 44.2 Å². The fourth-order valence-corrected chi connectivity index (χ4v) is 5.37. The minimum Gasteiger partial charge on any atom is -0.492 e. The molecule has 4 rings (SSSR count). The summed E-state index contributed by atoms with van der Waals surface area (Å²) in [6.45, 7) is 3.27. The van der Waals surface area contributed by atoms with Crippen molar-refractivity contribution in [2.75, 3.05) is 39.3 Å². The molecule has 172 valence electrons. The molecule has 1 N–H and O–H groups in total. The van der Waals surface area contributed by atoms with Gasteiger partial charge in [-0.15, -0.1) is 0 Å². The Hall–Kier alpha value is -3.20. The SMILES string of the molecule is O=C(O)/C=C/c1cccc(S(=O)(=O)N2CCN(CCOc3cccc4ccccc34)CC2)c1. The van der Waals surface area contributed by atoms with Gasteiger partial charge in [-0.1, -0.05) is 48.5 Å². The average molecular weight is 467 g/mol. The first-order valence-corrected chi connectivity index (χ1v) is 12.2. The van der Waals surface area contributed by atoms with E-state index in [1.54, 1.807) is 12.1 Å². The maximum atomic E-state index is 13.1. The Morgan fingerprint density at radius 2 is 1.70 bits per heavy atom. The molecule has 0 aromatic heterocycles. The Balaban J connectivity index is 1.32. The molecular weight excluding hydrogens is 440 g/mol. The predicted octanol–water partition coefficient (Wildman–Crippen LogP) is 3.32. The van der Waals surface area contributed by atoms with E-state index in [9.17, 15) is 13.2 Å². The minimum absolute atomic E-state index is 0.169. The van der Waals surface area contributed by atoms with E-state index in [1.807, 2.05) is 30.3 Å². The summed E-state index contributed by atoms with van der Waals surface area (Å²) >= 11 is 0. The van der Waals surface area contributed by atoms with Crippen molar-refractivity contribution in [2.24, 2.45) is 0 Å². The molecule has 1 fully saturated rings. The standard InChI is InChI=1S/C25H26N2O5S/c28-25(29)12-11-20-5-3-8-22(19-20)33(30,31)27-15-13-26(14-16-27)17-18-32-24-10-4-7-21-6-1-2-9-23(21)24/h1-12,19H,13-18H2,(H,28,29)/b12-11+. The largest absolute Gasteiger partial charge is 0.492 e. The van der Waals surface area contributed by atoms with Crippen LogP contribution in [0.5, 0.6) is 5.75 Å². The number of sulfonamides is 1. The van der Waals surface area contributed by atoms with Crippen molar-refractivity contribution in [2.45, 2.75) is 4.90 Å². The van der Waals surface area contributed by atoms with Crippen molar-refractivity contribution < 1.29 is 23.1 Å². The molecule has 0 radical (unpaired) electrons. The van der Waals surface area contributed by atoms with E-state index in [1.165, 1.54) is 22.5 Å². The first-order chi connectivity index (χ1) is 15.9. The molecule has 0 bridgehead atoms. The van der Waals surface area contributed by atoms with E-state index in [0.29, 0.717) is 44.9 Å². The summed E-state index contributed by atoms with van der Waals surface area (Å²) in [4.78, 5) is 13.1. The second-order valence-corrected chi connectivity index (χ2v) is 9.75. The van der Waals surface area contributed by atoms with Crippen molar-refractivity contribution in [1.29, 1.82) is 0 Å². The smallest absolute Gasteiger partial charge is 0.328 e. The highest BCUT2D eigenvalue weighted by Gasteiger charge is 2.28. The van der Waals surface area contributed by atoms with Crippen LogP contribution in [-0.2, 0) is 14.8 Å². The van der Waals surface area contributed by atoms with Gasteiger partial charge in [-0.25, -0.2) is 13.2 Å². The number of aliphatic carboxylic acids is 1. The second kappa shape index (κ2) is 10.2. The molecule has 3 aromatic rings. The lowest BCUT2D eigenvalue weighted by Gasteiger charge is -2.33. The number of ether oxygens (including phenoxy) is 1. The number of benzene rings is 3. The Kier molecular flexibility index (Phi) is 7.08. The maximum absolute atomic E-state index is 13.1. The van der Waals surface area contributed by atoms with Crippen LogP contribution < -0.4 is 4.74 Å². The molecule has 1 heterocycles. The maximum Gasteiger partial charge on any atom is 0.328 e. The summed E-state index contributed by atoms with van der Waals surface area (Å²) in [6.07, 6.45) is 2.38. The highest BCUT2D eigenvalue weighted by molar-refractivity contribution is 7.89. The summed E-state index contributed by atoms with van der Waals surface area (Å²) in [5, 5.41) is 11.0. The number of carboxylic acids is 1. The summed E-state index contributed by atoms with van der Waals surface area (Å²) in [6, 6.07) is 20.4. The predicted molar refractivity (Wildman–Crippen MR) is 128 cm³/mol. The van der Waals surface area contributed by atoms with Gasteiger partial charge in [0.05, 0.1) is 4.90 Å².